The Bertz CT molecular complexity index is 419. The number of rotatable bonds is 5. The van der Waals surface area contributed by atoms with Gasteiger partial charge in [0.25, 0.3) is 0 Å². The van der Waals surface area contributed by atoms with Crippen LogP contribution in [0.4, 0.5) is 5.82 Å². The molecule has 0 radical (unpaired) electrons. The second kappa shape index (κ2) is 6.53. The minimum atomic E-state index is 0.105. The summed E-state index contributed by atoms with van der Waals surface area (Å²) in [5, 5.41) is 3.46. The average molecular weight is 276 g/mol. The molecule has 20 heavy (non-hydrogen) atoms. The van der Waals surface area contributed by atoms with Gasteiger partial charge in [-0.15, -0.1) is 0 Å². The van der Waals surface area contributed by atoms with Gasteiger partial charge in [-0.3, -0.25) is 4.98 Å². The minimum Gasteiger partial charge on any atom is -0.358 e. The summed E-state index contributed by atoms with van der Waals surface area (Å²) in [7, 11) is 2.13. The summed E-state index contributed by atoms with van der Waals surface area (Å²) in [5.41, 5.74) is 1.11. The number of hydrogen-bond acceptors (Lipinski definition) is 4. The lowest BCUT2D eigenvalue weighted by atomic mass is 10.1. The van der Waals surface area contributed by atoms with E-state index in [-0.39, 0.29) is 5.54 Å². The second-order valence-corrected chi connectivity index (χ2v) is 7.00. The topological polar surface area (TPSA) is 41.1 Å². The molecule has 0 unspecified atom stereocenters. The van der Waals surface area contributed by atoms with Crippen LogP contribution in [0.25, 0.3) is 0 Å². The Kier molecular flexibility index (Phi) is 4.97. The summed E-state index contributed by atoms with van der Waals surface area (Å²) < 4.78 is 0. The van der Waals surface area contributed by atoms with Crippen LogP contribution in [-0.2, 0) is 6.54 Å². The summed E-state index contributed by atoms with van der Waals surface area (Å²) in [5.74, 6) is 1.82. The molecule has 1 aliphatic carbocycles. The highest BCUT2D eigenvalue weighted by molar-refractivity contribution is 5.35. The molecule has 4 heteroatoms. The molecule has 112 valence electrons. The molecule has 0 bridgehead atoms. The first-order valence-corrected chi connectivity index (χ1v) is 7.71. The molecule has 0 amide bonds. The molecule has 1 aromatic rings. The fourth-order valence-electron chi connectivity index (χ4n) is 2.69. The van der Waals surface area contributed by atoms with Gasteiger partial charge in [-0.1, -0.05) is 12.8 Å². The van der Waals surface area contributed by atoms with Gasteiger partial charge in [0.15, 0.2) is 0 Å². The van der Waals surface area contributed by atoms with Crippen LogP contribution in [-0.4, -0.2) is 29.1 Å². The van der Waals surface area contributed by atoms with Crippen molar-refractivity contribution in [3.8, 4) is 0 Å². The molecule has 1 N–H and O–H groups in total. The molecule has 4 nitrogen and oxygen atoms in total. The predicted octanol–water partition coefficient (Wildman–Crippen LogP) is 2.99. The van der Waals surface area contributed by atoms with Crippen molar-refractivity contribution >= 4 is 5.82 Å². The quantitative estimate of drug-likeness (QED) is 0.897. The van der Waals surface area contributed by atoms with E-state index in [1.54, 1.807) is 0 Å². The van der Waals surface area contributed by atoms with Gasteiger partial charge in [0.1, 0.15) is 5.82 Å². The summed E-state index contributed by atoms with van der Waals surface area (Å²) in [6, 6.07) is 0. The van der Waals surface area contributed by atoms with E-state index < -0.39 is 0 Å². The summed E-state index contributed by atoms with van der Waals surface area (Å²) >= 11 is 0. The third-order valence-electron chi connectivity index (χ3n) is 3.87. The van der Waals surface area contributed by atoms with E-state index in [0.717, 1.165) is 30.5 Å². The van der Waals surface area contributed by atoms with Crippen LogP contribution in [0.5, 0.6) is 0 Å². The zero-order valence-corrected chi connectivity index (χ0v) is 13.3. The van der Waals surface area contributed by atoms with E-state index in [1.165, 1.54) is 25.7 Å². The van der Waals surface area contributed by atoms with Crippen LogP contribution in [0, 0.1) is 5.92 Å². The number of aromatic nitrogens is 2. The molecule has 1 heterocycles. The molecule has 0 spiro atoms. The minimum absolute atomic E-state index is 0.105. The van der Waals surface area contributed by atoms with Crippen LogP contribution in [0.15, 0.2) is 12.4 Å². The Hall–Kier alpha value is -1.16. The summed E-state index contributed by atoms with van der Waals surface area (Å²) in [4.78, 5) is 11.3. The molecule has 1 aromatic heterocycles. The van der Waals surface area contributed by atoms with Crippen molar-refractivity contribution in [2.24, 2.45) is 5.92 Å². The largest absolute Gasteiger partial charge is 0.358 e. The first-order chi connectivity index (χ1) is 9.44. The third kappa shape index (κ3) is 4.75. The van der Waals surface area contributed by atoms with Crippen molar-refractivity contribution in [3.63, 3.8) is 0 Å². The smallest absolute Gasteiger partial charge is 0.147 e. The first kappa shape index (κ1) is 15.2. The zero-order chi connectivity index (χ0) is 14.6. The highest BCUT2D eigenvalue weighted by Gasteiger charge is 2.18. The molecule has 2 rings (SSSR count). The van der Waals surface area contributed by atoms with E-state index in [2.05, 4.69) is 43.0 Å². The van der Waals surface area contributed by atoms with Gasteiger partial charge in [-0.05, 0) is 39.5 Å². The van der Waals surface area contributed by atoms with Crippen LogP contribution >= 0.6 is 0 Å². The fraction of sp³-hybridized carbons (Fsp3) is 0.750. The monoisotopic (exact) mass is 276 g/mol. The van der Waals surface area contributed by atoms with Gasteiger partial charge in [-0.2, -0.15) is 0 Å². The SMILES string of the molecule is CN(CC1CCCC1)c1cncc(CNC(C)(C)C)n1. The van der Waals surface area contributed by atoms with E-state index in [0.29, 0.717) is 0 Å². The van der Waals surface area contributed by atoms with Crippen LogP contribution in [0.2, 0.25) is 0 Å². The number of nitrogens with one attached hydrogen (secondary N) is 1. The van der Waals surface area contributed by atoms with Gasteiger partial charge < -0.3 is 10.2 Å². The molecule has 1 fully saturated rings. The third-order valence-corrected chi connectivity index (χ3v) is 3.87. The van der Waals surface area contributed by atoms with Gasteiger partial charge in [-0.25, -0.2) is 4.98 Å². The number of hydrogen-bond donors (Lipinski definition) is 1. The van der Waals surface area contributed by atoms with Crippen LogP contribution < -0.4 is 10.2 Å². The predicted molar refractivity (Wildman–Crippen MR) is 83.9 cm³/mol. The van der Waals surface area contributed by atoms with E-state index >= 15 is 0 Å². The van der Waals surface area contributed by atoms with Crippen LogP contribution in [0.3, 0.4) is 0 Å². The lowest BCUT2D eigenvalue weighted by molar-refractivity contribution is 0.421. The van der Waals surface area contributed by atoms with E-state index in [1.807, 2.05) is 12.4 Å². The second-order valence-electron chi connectivity index (χ2n) is 7.00. The lowest BCUT2D eigenvalue weighted by Crippen LogP contribution is -2.35. The highest BCUT2D eigenvalue weighted by Crippen LogP contribution is 2.26. The molecule has 1 saturated carbocycles. The van der Waals surface area contributed by atoms with Crippen molar-refractivity contribution in [1.82, 2.24) is 15.3 Å². The molecule has 1 aliphatic rings. The molecular weight excluding hydrogens is 248 g/mol. The normalized spacial score (nSPS) is 16.6. The molecule has 0 atom stereocenters. The van der Waals surface area contributed by atoms with Gasteiger partial charge in [0.05, 0.1) is 11.9 Å². The number of anilines is 1. The standard InChI is InChI=1S/C16H28N4/c1-16(2,3)18-10-14-9-17-11-15(19-14)20(4)12-13-7-5-6-8-13/h9,11,13,18H,5-8,10,12H2,1-4H3. The van der Waals surface area contributed by atoms with Gasteiger partial charge in [0, 0.05) is 31.9 Å². The Morgan fingerprint density at radius 2 is 1.95 bits per heavy atom. The maximum Gasteiger partial charge on any atom is 0.147 e. The Morgan fingerprint density at radius 1 is 1.25 bits per heavy atom. The first-order valence-electron chi connectivity index (χ1n) is 7.71. The van der Waals surface area contributed by atoms with Gasteiger partial charge in [0.2, 0.25) is 0 Å². The highest BCUT2D eigenvalue weighted by atomic mass is 15.2. The van der Waals surface area contributed by atoms with E-state index in [4.69, 9.17) is 4.98 Å². The van der Waals surface area contributed by atoms with Gasteiger partial charge >= 0.3 is 0 Å². The summed E-state index contributed by atoms with van der Waals surface area (Å²) in [6.07, 6.45) is 9.23. The Balaban J connectivity index is 1.93. The number of nitrogens with zero attached hydrogens (tertiary/aromatic N) is 3. The Labute approximate surface area is 123 Å². The zero-order valence-electron chi connectivity index (χ0n) is 13.3. The maximum atomic E-state index is 4.72. The van der Waals surface area contributed by atoms with Crippen molar-refractivity contribution in [3.05, 3.63) is 18.1 Å². The maximum absolute atomic E-state index is 4.72. The Morgan fingerprint density at radius 3 is 2.60 bits per heavy atom. The summed E-state index contributed by atoms with van der Waals surface area (Å²) in [6.45, 7) is 8.36. The molecule has 0 saturated heterocycles. The lowest BCUT2D eigenvalue weighted by Gasteiger charge is -2.23. The van der Waals surface area contributed by atoms with Crippen molar-refractivity contribution in [2.75, 3.05) is 18.5 Å². The molecule has 0 aliphatic heterocycles. The van der Waals surface area contributed by atoms with Crippen molar-refractivity contribution in [1.29, 1.82) is 0 Å². The van der Waals surface area contributed by atoms with Crippen molar-refractivity contribution in [2.45, 2.75) is 58.5 Å². The molecular formula is C16H28N4. The fourth-order valence-corrected chi connectivity index (χ4v) is 2.69. The van der Waals surface area contributed by atoms with Crippen LogP contribution in [0.1, 0.15) is 52.1 Å². The average Bonchev–Trinajstić information content (AvgIpc) is 2.89. The van der Waals surface area contributed by atoms with Crippen molar-refractivity contribution < 1.29 is 0 Å². The molecule has 0 aromatic carbocycles. The van der Waals surface area contributed by atoms with E-state index in [9.17, 15) is 0 Å².